The number of hydrogen-bond acceptors (Lipinski definition) is 7. The third-order valence-electron chi connectivity index (χ3n) is 11.3. The molecule has 0 aliphatic rings. The molecular formula is C53H100NO7P. The fourth-order valence-corrected chi connectivity index (χ4v) is 8.23. The molecule has 0 amide bonds. The zero-order valence-corrected chi connectivity index (χ0v) is 41.5. The number of esters is 1. The minimum Gasteiger partial charge on any atom is -0.457 e. The highest BCUT2D eigenvalue weighted by Gasteiger charge is 2.25. The van der Waals surface area contributed by atoms with Gasteiger partial charge in [0.1, 0.15) is 6.10 Å². The van der Waals surface area contributed by atoms with Gasteiger partial charge in [0.15, 0.2) is 0 Å². The first-order chi connectivity index (χ1) is 30.4. The zero-order valence-electron chi connectivity index (χ0n) is 40.6. The van der Waals surface area contributed by atoms with E-state index in [0.29, 0.717) is 13.0 Å². The third-order valence-corrected chi connectivity index (χ3v) is 12.2. The lowest BCUT2D eigenvalue weighted by molar-refractivity contribution is -0.154. The molecule has 2 unspecified atom stereocenters. The Hall–Kier alpha value is -1.54. The maximum atomic E-state index is 12.7. The van der Waals surface area contributed by atoms with E-state index in [0.717, 1.165) is 57.8 Å². The average Bonchev–Trinajstić information content (AvgIpc) is 3.26. The summed E-state index contributed by atoms with van der Waals surface area (Å²) in [5.41, 5.74) is 5.39. The van der Waals surface area contributed by atoms with Crippen molar-refractivity contribution in [3.8, 4) is 0 Å². The van der Waals surface area contributed by atoms with Gasteiger partial charge in [-0.2, -0.15) is 0 Å². The molecule has 0 aromatic carbocycles. The van der Waals surface area contributed by atoms with Crippen molar-refractivity contribution in [1.29, 1.82) is 0 Å². The molecule has 0 saturated heterocycles. The Balaban J connectivity index is 3.92. The Bertz CT molecular complexity index is 1090. The molecule has 0 spiro atoms. The van der Waals surface area contributed by atoms with E-state index >= 15 is 0 Å². The predicted octanol–water partition coefficient (Wildman–Crippen LogP) is 16.3. The van der Waals surface area contributed by atoms with Crippen molar-refractivity contribution < 1.29 is 32.8 Å². The van der Waals surface area contributed by atoms with Crippen molar-refractivity contribution in [2.75, 3.05) is 33.0 Å². The normalized spacial score (nSPS) is 13.7. The molecular weight excluding hydrogens is 794 g/mol. The van der Waals surface area contributed by atoms with Crippen molar-refractivity contribution >= 4 is 13.8 Å². The Kier molecular flexibility index (Phi) is 49.2. The first-order valence-electron chi connectivity index (χ1n) is 26.1. The first kappa shape index (κ1) is 60.5. The van der Waals surface area contributed by atoms with Gasteiger partial charge >= 0.3 is 13.8 Å². The molecule has 0 aliphatic heterocycles. The molecule has 0 bridgehead atoms. The van der Waals surface area contributed by atoms with Crippen molar-refractivity contribution in [2.45, 2.75) is 251 Å². The van der Waals surface area contributed by atoms with Crippen LogP contribution in [0.25, 0.3) is 0 Å². The van der Waals surface area contributed by atoms with Crippen LogP contribution in [-0.4, -0.2) is 49.9 Å². The van der Waals surface area contributed by atoms with Crippen LogP contribution < -0.4 is 5.73 Å². The standard InChI is InChI=1S/C53H100NO7P/c1-3-5-7-9-11-13-15-17-19-21-23-25-26-27-28-30-32-34-36-38-40-42-44-46-53(55)61-52(51-60-62(56,57)59-49-47-54)50-58-48-45-43-41-39-37-35-33-31-29-24-22-20-18-16-14-12-10-8-6-4-2/h5,7,11,13,17,19,23,25,52H,3-4,6,8-10,12,14-16,18,20-22,24,26-51,54H2,1-2H3,(H,56,57)/b7-5-,13-11-,19-17-,25-23-. The topological polar surface area (TPSA) is 117 Å². The Labute approximate surface area is 383 Å². The number of allylic oxidation sites excluding steroid dienone is 8. The van der Waals surface area contributed by atoms with Gasteiger partial charge < -0.3 is 20.1 Å². The second-order valence-corrected chi connectivity index (χ2v) is 18.8. The Morgan fingerprint density at radius 1 is 0.500 bits per heavy atom. The second kappa shape index (κ2) is 50.5. The van der Waals surface area contributed by atoms with Gasteiger partial charge in [0.05, 0.1) is 19.8 Å². The molecule has 0 aliphatic carbocycles. The zero-order chi connectivity index (χ0) is 45.1. The molecule has 0 rings (SSSR count). The summed E-state index contributed by atoms with van der Waals surface area (Å²) in [5, 5.41) is 0. The lowest BCUT2D eigenvalue weighted by Gasteiger charge is -2.20. The number of carbonyl (C=O) groups is 1. The van der Waals surface area contributed by atoms with Gasteiger partial charge in [-0.25, -0.2) is 4.57 Å². The summed E-state index contributed by atoms with van der Waals surface area (Å²) in [6, 6.07) is 0. The SMILES string of the molecule is CC/C=C\C/C=C\C/C=C\C/C=C\CCCCCCCCCCCCC(=O)OC(COCCCCCCCCCCCCCCCCCCCCCC)COP(=O)(O)OCCN. The molecule has 0 aromatic heterocycles. The lowest BCUT2D eigenvalue weighted by atomic mass is 10.0. The van der Waals surface area contributed by atoms with E-state index in [4.69, 9.17) is 24.3 Å². The van der Waals surface area contributed by atoms with Gasteiger partial charge in [0.2, 0.25) is 0 Å². The van der Waals surface area contributed by atoms with Crippen LogP contribution in [0.15, 0.2) is 48.6 Å². The average molecular weight is 894 g/mol. The highest BCUT2D eigenvalue weighted by Crippen LogP contribution is 2.43. The molecule has 0 saturated carbocycles. The van der Waals surface area contributed by atoms with E-state index < -0.39 is 13.9 Å². The fraction of sp³-hybridized carbons (Fsp3) is 0.830. The number of rotatable bonds is 50. The van der Waals surface area contributed by atoms with Crippen LogP contribution in [0.2, 0.25) is 0 Å². The van der Waals surface area contributed by atoms with E-state index in [1.54, 1.807) is 0 Å². The molecule has 0 aromatic rings. The maximum absolute atomic E-state index is 12.7. The molecule has 9 heteroatoms. The number of ether oxygens (including phenoxy) is 2. The van der Waals surface area contributed by atoms with Crippen LogP contribution in [0, 0.1) is 0 Å². The lowest BCUT2D eigenvalue weighted by Crippen LogP contribution is -2.28. The summed E-state index contributed by atoms with van der Waals surface area (Å²) in [6.45, 7) is 4.85. The monoisotopic (exact) mass is 894 g/mol. The number of hydrogen-bond donors (Lipinski definition) is 2. The van der Waals surface area contributed by atoms with Gasteiger partial charge in [0.25, 0.3) is 0 Å². The minimum atomic E-state index is -4.28. The summed E-state index contributed by atoms with van der Waals surface area (Å²) < 4.78 is 33.6. The Morgan fingerprint density at radius 2 is 0.903 bits per heavy atom. The summed E-state index contributed by atoms with van der Waals surface area (Å²) in [4.78, 5) is 22.6. The highest BCUT2D eigenvalue weighted by molar-refractivity contribution is 7.47. The van der Waals surface area contributed by atoms with Crippen LogP contribution in [-0.2, 0) is 27.9 Å². The van der Waals surface area contributed by atoms with Crippen molar-refractivity contribution in [3.05, 3.63) is 48.6 Å². The summed E-state index contributed by atoms with van der Waals surface area (Å²) in [6.07, 6.45) is 61.4. The predicted molar refractivity (Wildman–Crippen MR) is 266 cm³/mol. The Morgan fingerprint density at radius 3 is 1.35 bits per heavy atom. The molecule has 3 N–H and O–H groups in total. The van der Waals surface area contributed by atoms with E-state index in [1.165, 1.54) is 167 Å². The van der Waals surface area contributed by atoms with Crippen LogP contribution >= 0.6 is 7.82 Å². The quantitative estimate of drug-likeness (QED) is 0.0268. The second-order valence-electron chi connectivity index (χ2n) is 17.4. The molecule has 0 radical (unpaired) electrons. The summed E-state index contributed by atoms with van der Waals surface area (Å²) in [5.74, 6) is -0.332. The smallest absolute Gasteiger partial charge is 0.457 e. The number of phosphoric ester groups is 1. The van der Waals surface area contributed by atoms with E-state index in [2.05, 4.69) is 62.5 Å². The number of carbonyl (C=O) groups excluding carboxylic acids is 1. The van der Waals surface area contributed by atoms with Crippen molar-refractivity contribution in [2.24, 2.45) is 5.73 Å². The largest absolute Gasteiger partial charge is 0.472 e. The van der Waals surface area contributed by atoms with Gasteiger partial charge in [-0.05, 0) is 51.4 Å². The van der Waals surface area contributed by atoms with E-state index in [-0.39, 0.29) is 32.3 Å². The molecule has 8 nitrogen and oxygen atoms in total. The number of nitrogens with two attached hydrogens (primary N) is 1. The number of phosphoric acid groups is 1. The van der Waals surface area contributed by atoms with Crippen LogP contribution in [0.3, 0.4) is 0 Å². The molecule has 0 heterocycles. The van der Waals surface area contributed by atoms with Crippen LogP contribution in [0.1, 0.15) is 245 Å². The van der Waals surface area contributed by atoms with Crippen LogP contribution in [0.5, 0.6) is 0 Å². The third kappa shape index (κ3) is 49.5. The van der Waals surface area contributed by atoms with Crippen molar-refractivity contribution in [1.82, 2.24) is 0 Å². The maximum Gasteiger partial charge on any atom is 0.472 e. The molecule has 364 valence electrons. The van der Waals surface area contributed by atoms with E-state index in [1.807, 2.05) is 0 Å². The molecule has 62 heavy (non-hydrogen) atoms. The summed E-state index contributed by atoms with van der Waals surface area (Å²) in [7, 11) is -4.28. The molecule has 0 fully saturated rings. The molecule has 2 atom stereocenters. The minimum absolute atomic E-state index is 0.0958. The first-order valence-corrected chi connectivity index (χ1v) is 27.6. The van der Waals surface area contributed by atoms with Gasteiger partial charge in [-0.15, -0.1) is 0 Å². The van der Waals surface area contributed by atoms with Gasteiger partial charge in [-0.1, -0.05) is 236 Å². The van der Waals surface area contributed by atoms with E-state index in [9.17, 15) is 14.3 Å². The fourth-order valence-electron chi connectivity index (χ4n) is 7.46. The van der Waals surface area contributed by atoms with Gasteiger partial charge in [-0.3, -0.25) is 13.8 Å². The number of unbranched alkanes of at least 4 members (excludes halogenated alkanes) is 29. The highest BCUT2D eigenvalue weighted by atomic mass is 31.2. The van der Waals surface area contributed by atoms with Crippen LogP contribution in [0.4, 0.5) is 0 Å². The van der Waals surface area contributed by atoms with Crippen molar-refractivity contribution in [3.63, 3.8) is 0 Å². The summed E-state index contributed by atoms with van der Waals surface area (Å²) >= 11 is 0. The van der Waals surface area contributed by atoms with Gasteiger partial charge in [0, 0.05) is 19.6 Å².